The maximum atomic E-state index is 5.60. The fourth-order valence-electron chi connectivity index (χ4n) is 4.67. The van der Waals surface area contributed by atoms with Gasteiger partial charge < -0.3 is 4.74 Å². The lowest BCUT2D eigenvalue weighted by atomic mass is 9.88. The van der Waals surface area contributed by atoms with Gasteiger partial charge in [0.05, 0.1) is 18.1 Å². The lowest BCUT2D eigenvalue weighted by molar-refractivity contribution is 0.415. The van der Waals surface area contributed by atoms with Gasteiger partial charge in [0.1, 0.15) is 11.6 Å². The lowest BCUT2D eigenvalue weighted by Crippen LogP contribution is -2.12. The molecule has 6 aromatic rings. The van der Waals surface area contributed by atoms with Gasteiger partial charge in [0.15, 0.2) is 0 Å². The SMILES string of the molecule is COc1ccc2c3ccc4sc5ccccc5c4c3n(-c3cc(C(C)(C)C)ccn3)c2c1. The van der Waals surface area contributed by atoms with Crippen LogP contribution in [0, 0.1) is 0 Å². The molecule has 3 nitrogen and oxygen atoms in total. The number of ether oxygens (including phenoxy) is 1. The highest BCUT2D eigenvalue weighted by atomic mass is 32.1. The molecule has 3 heterocycles. The van der Waals surface area contributed by atoms with Gasteiger partial charge in [0.25, 0.3) is 0 Å². The Balaban J connectivity index is 1.85. The topological polar surface area (TPSA) is 27.1 Å². The number of fused-ring (bicyclic) bond motifs is 7. The van der Waals surface area contributed by atoms with Gasteiger partial charge in [-0.1, -0.05) is 45.0 Å². The molecule has 3 aromatic heterocycles. The van der Waals surface area contributed by atoms with Gasteiger partial charge in [0.2, 0.25) is 0 Å². The highest BCUT2D eigenvalue weighted by Gasteiger charge is 2.21. The molecule has 0 spiro atoms. The van der Waals surface area contributed by atoms with Crippen LogP contribution in [0.25, 0.3) is 47.8 Å². The molecule has 0 atom stereocenters. The molecule has 0 aliphatic rings. The molecular formula is C28H24N2OS. The third kappa shape index (κ3) is 2.76. The molecule has 4 heteroatoms. The van der Waals surface area contributed by atoms with Crippen LogP contribution in [-0.4, -0.2) is 16.7 Å². The van der Waals surface area contributed by atoms with Crippen LogP contribution in [0.15, 0.2) is 72.9 Å². The summed E-state index contributed by atoms with van der Waals surface area (Å²) >= 11 is 1.85. The zero-order chi connectivity index (χ0) is 22.0. The first kappa shape index (κ1) is 19.3. The number of methoxy groups -OCH3 is 1. The fraction of sp³-hybridized carbons (Fsp3) is 0.179. The summed E-state index contributed by atoms with van der Waals surface area (Å²) in [5.41, 5.74) is 3.63. The average Bonchev–Trinajstić information content (AvgIpc) is 3.33. The van der Waals surface area contributed by atoms with E-state index in [9.17, 15) is 0 Å². The van der Waals surface area contributed by atoms with Crippen molar-refractivity contribution in [3.63, 3.8) is 0 Å². The first-order chi connectivity index (χ1) is 15.5. The molecule has 158 valence electrons. The zero-order valence-electron chi connectivity index (χ0n) is 18.6. The van der Waals surface area contributed by atoms with Crippen molar-refractivity contribution < 1.29 is 4.74 Å². The van der Waals surface area contributed by atoms with E-state index >= 15 is 0 Å². The summed E-state index contributed by atoms with van der Waals surface area (Å²) in [5.74, 6) is 1.79. The Morgan fingerprint density at radius 1 is 0.844 bits per heavy atom. The molecule has 0 saturated carbocycles. The Morgan fingerprint density at radius 2 is 1.66 bits per heavy atom. The first-order valence-corrected chi connectivity index (χ1v) is 11.7. The molecule has 0 saturated heterocycles. The monoisotopic (exact) mass is 436 g/mol. The normalized spacial score (nSPS) is 12.4. The molecule has 0 amide bonds. The van der Waals surface area contributed by atoms with Crippen LogP contribution in [0.2, 0.25) is 0 Å². The Morgan fingerprint density at radius 3 is 2.47 bits per heavy atom. The molecule has 0 fully saturated rings. The summed E-state index contributed by atoms with van der Waals surface area (Å²) in [6.07, 6.45) is 1.93. The molecule has 0 aliphatic heterocycles. The highest BCUT2D eigenvalue weighted by molar-refractivity contribution is 7.26. The quantitative estimate of drug-likeness (QED) is 0.276. The van der Waals surface area contributed by atoms with Gasteiger partial charge in [-0.15, -0.1) is 11.3 Å². The van der Waals surface area contributed by atoms with Crippen molar-refractivity contribution in [2.75, 3.05) is 7.11 Å². The second kappa shape index (κ2) is 6.81. The van der Waals surface area contributed by atoms with Gasteiger partial charge in [-0.2, -0.15) is 0 Å². The summed E-state index contributed by atoms with van der Waals surface area (Å²) in [7, 11) is 1.72. The van der Waals surface area contributed by atoms with Gasteiger partial charge >= 0.3 is 0 Å². The second-order valence-corrected chi connectivity index (χ2v) is 10.4. The Hall–Kier alpha value is -3.37. The van der Waals surface area contributed by atoms with Crippen molar-refractivity contribution >= 4 is 53.3 Å². The Labute approximate surface area is 190 Å². The Bertz CT molecular complexity index is 1650. The molecule has 0 radical (unpaired) electrons. The summed E-state index contributed by atoms with van der Waals surface area (Å²) < 4.78 is 10.5. The minimum absolute atomic E-state index is 0.0402. The predicted octanol–water partition coefficient (Wildman–Crippen LogP) is 7.85. The molecule has 0 aliphatic carbocycles. The molecule has 0 bridgehead atoms. The predicted molar refractivity (Wildman–Crippen MR) is 137 cm³/mol. The third-order valence-corrected chi connectivity index (χ3v) is 7.45. The van der Waals surface area contributed by atoms with Crippen molar-refractivity contribution in [2.45, 2.75) is 26.2 Å². The highest BCUT2D eigenvalue weighted by Crippen LogP contribution is 2.43. The van der Waals surface area contributed by atoms with E-state index in [0.717, 1.165) is 17.1 Å². The number of pyridine rings is 1. The maximum absolute atomic E-state index is 5.60. The summed E-state index contributed by atoms with van der Waals surface area (Å²) in [6.45, 7) is 6.73. The van der Waals surface area contributed by atoms with Crippen LogP contribution < -0.4 is 4.74 Å². The van der Waals surface area contributed by atoms with E-state index in [2.05, 4.69) is 86.0 Å². The largest absolute Gasteiger partial charge is 0.497 e. The van der Waals surface area contributed by atoms with E-state index < -0.39 is 0 Å². The van der Waals surface area contributed by atoms with Crippen LogP contribution in [-0.2, 0) is 5.41 Å². The van der Waals surface area contributed by atoms with Crippen LogP contribution >= 0.6 is 11.3 Å². The average molecular weight is 437 g/mol. The maximum Gasteiger partial charge on any atom is 0.137 e. The number of hydrogen-bond acceptors (Lipinski definition) is 3. The van der Waals surface area contributed by atoms with Crippen molar-refractivity contribution in [1.82, 2.24) is 9.55 Å². The summed E-state index contributed by atoms with van der Waals surface area (Å²) in [6, 6.07) is 23.9. The number of thiophene rings is 1. The van der Waals surface area contributed by atoms with Crippen molar-refractivity contribution in [2.24, 2.45) is 0 Å². The van der Waals surface area contributed by atoms with E-state index in [4.69, 9.17) is 9.72 Å². The molecule has 3 aromatic carbocycles. The number of hydrogen-bond donors (Lipinski definition) is 0. The zero-order valence-corrected chi connectivity index (χ0v) is 19.5. The van der Waals surface area contributed by atoms with Gasteiger partial charge in [-0.25, -0.2) is 4.98 Å². The van der Waals surface area contributed by atoms with Crippen LogP contribution in [0.5, 0.6) is 5.75 Å². The van der Waals surface area contributed by atoms with E-state index in [1.807, 2.05) is 23.6 Å². The lowest BCUT2D eigenvalue weighted by Gasteiger charge is -2.20. The second-order valence-electron chi connectivity index (χ2n) is 9.30. The minimum Gasteiger partial charge on any atom is -0.497 e. The number of nitrogens with zero attached hydrogens (tertiary/aromatic N) is 2. The van der Waals surface area contributed by atoms with Crippen molar-refractivity contribution in [3.05, 3.63) is 78.5 Å². The third-order valence-electron chi connectivity index (χ3n) is 6.32. The fourth-order valence-corrected chi connectivity index (χ4v) is 5.77. The van der Waals surface area contributed by atoms with E-state index in [1.54, 1.807) is 7.11 Å². The molecular weight excluding hydrogens is 412 g/mol. The number of rotatable bonds is 2. The summed E-state index contributed by atoms with van der Waals surface area (Å²) in [4.78, 5) is 4.85. The molecule has 0 unspecified atom stereocenters. The van der Waals surface area contributed by atoms with E-state index in [0.29, 0.717) is 0 Å². The standard InChI is InChI=1S/C28H24N2OS/c1-28(2,3)17-13-14-29-25(15-17)30-22-16-18(31-4)9-10-19(22)20-11-12-24-26(27(20)30)21-7-5-6-8-23(21)32-24/h5-16H,1-4H3. The van der Waals surface area contributed by atoms with Crippen molar-refractivity contribution in [3.8, 4) is 11.6 Å². The molecule has 32 heavy (non-hydrogen) atoms. The smallest absolute Gasteiger partial charge is 0.137 e. The number of aromatic nitrogens is 2. The van der Waals surface area contributed by atoms with E-state index in [-0.39, 0.29) is 5.41 Å². The van der Waals surface area contributed by atoms with E-state index in [1.165, 1.54) is 42.0 Å². The van der Waals surface area contributed by atoms with Crippen LogP contribution in [0.1, 0.15) is 26.3 Å². The minimum atomic E-state index is 0.0402. The number of benzene rings is 3. The van der Waals surface area contributed by atoms with Crippen LogP contribution in [0.4, 0.5) is 0 Å². The van der Waals surface area contributed by atoms with Gasteiger partial charge in [-0.3, -0.25) is 4.57 Å². The molecule has 6 rings (SSSR count). The van der Waals surface area contributed by atoms with Crippen LogP contribution in [0.3, 0.4) is 0 Å². The van der Waals surface area contributed by atoms with Gasteiger partial charge in [0, 0.05) is 43.2 Å². The Kier molecular flexibility index (Phi) is 4.11. The molecule has 0 N–H and O–H groups in total. The van der Waals surface area contributed by atoms with Crippen molar-refractivity contribution in [1.29, 1.82) is 0 Å². The summed E-state index contributed by atoms with van der Waals surface area (Å²) in [5, 5.41) is 5.03. The first-order valence-electron chi connectivity index (χ1n) is 10.8. The van der Waals surface area contributed by atoms with Gasteiger partial charge in [-0.05, 0) is 47.4 Å².